The van der Waals surface area contributed by atoms with Crippen LogP contribution in [0.3, 0.4) is 0 Å². The molecule has 2 rings (SSSR count). The lowest BCUT2D eigenvalue weighted by Gasteiger charge is -2.06. The summed E-state index contributed by atoms with van der Waals surface area (Å²) in [4.78, 5) is 5.92. The van der Waals surface area contributed by atoms with Crippen molar-refractivity contribution in [2.45, 2.75) is 34.1 Å². The van der Waals surface area contributed by atoms with E-state index in [2.05, 4.69) is 46.9 Å². The average Bonchev–Trinajstić information content (AvgIpc) is 2.81. The van der Waals surface area contributed by atoms with Gasteiger partial charge in [-0.15, -0.1) is 11.3 Å². The first-order valence-corrected chi connectivity index (χ1v) is 8.50. The number of thiazole rings is 1. The van der Waals surface area contributed by atoms with Gasteiger partial charge < -0.3 is 4.74 Å². The van der Waals surface area contributed by atoms with Gasteiger partial charge in [0.05, 0.1) is 12.8 Å². The maximum absolute atomic E-state index is 5.18. The number of benzene rings is 1. The standard InChI is InChI=1S/C14H16BrNOS.C2H6/c1-9(2)8-12-13(16-14(15)18-12)10-4-6-11(17-3)7-5-10;1-2/h4-7,9H,8H2,1-3H3;1-2H3. The number of methoxy groups -OCH3 is 1. The summed E-state index contributed by atoms with van der Waals surface area (Å²) in [6.07, 6.45) is 1.06. The number of hydrogen-bond donors (Lipinski definition) is 0. The Bertz CT molecular complexity index is 520. The minimum Gasteiger partial charge on any atom is -0.497 e. The van der Waals surface area contributed by atoms with E-state index in [1.807, 2.05) is 26.0 Å². The Morgan fingerprint density at radius 1 is 1.20 bits per heavy atom. The van der Waals surface area contributed by atoms with Crippen molar-refractivity contribution in [3.63, 3.8) is 0 Å². The van der Waals surface area contributed by atoms with Crippen LogP contribution in [0.4, 0.5) is 0 Å². The summed E-state index contributed by atoms with van der Waals surface area (Å²) in [6, 6.07) is 8.07. The lowest BCUT2D eigenvalue weighted by Crippen LogP contribution is -1.93. The first kappa shape index (κ1) is 17.2. The van der Waals surface area contributed by atoms with Gasteiger partial charge in [-0.25, -0.2) is 4.98 Å². The molecule has 0 aliphatic heterocycles. The Hall–Kier alpha value is -0.870. The SMILES string of the molecule is CC.COc1ccc(-c2nc(Br)sc2CC(C)C)cc1. The second-order valence-electron chi connectivity index (χ2n) is 4.57. The highest BCUT2D eigenvalue weighted by atomic mass is 79.9. The largest absolute Gasteiger partial charge is 0.497 e. The van der Waals surface area contributed by atoms with Crippen LogP contribution in [0.5, 0.6) is 5.75 Å². The summed E-state index contributed by atoms with van der Waals surface area (Å²) in [6.45, 7) is 8.46. The van der Waals surface area contributed by atoms with E-state index in [4.69, 9.17) is 4.74 Å². The highest BCUT2D eigenvalue weighted by Gasteiger charge is 2.13. The molecule has 0 N–H and O–H groups in total. The van der Waals surface area contributed by atoms with Gasteiger partial charge in [-0.3, -0.25) is 0 Å². The van der Waals surface area contributed by atoms with E-state index in [0.717, 1.165) is 27.3 Å². The summed E-state index contributed by atoms with van der Waals surface area (Å²) in [5.74, 6) is 1.51. The Balaban J connectivity index is 0.000000956. The molecule has 1 aromatic heterocycles. The fourth-order valence-corrected chi connectivity index (χ4v) is 3.59. The Kier molecular flexibility index (Phi) is 7.24. The van der Waals surface area contributed by atoms with Crippen molar-refractivity contribution in [2.75, 3.05) is 7.11 Å². The van der Waals surface area contributed by atoms with Gasteiger partial charge in [0.2, 0.25) is 0 Å². The zero-order chi connectivity index (χ0) is 15.1. The molecule has 0 aliphatic carbocycles. The van der Waals surface area contributed by atoms with Gasteiger partial charge in [0.1, 0.15) is 5.75 Å². The summed E-state index contributed by atoms with van der Waals surface area (Å²) < 4.78 is 6.13. The number of rotatable bonds is 4. The van der Waals surface area contributed by atoms with Crippen LogP contribution in [-0.2, 0) is 6.42 Å². The van der Waals surface area contributed by atoms with Gasteiger partial charge in [0.25, 0.3) is 0 Å². The van der Waals surface area contributed by atoms with E-state index in [9.17, 15) is 0 Å². The molecule has 0 atom stereocenters. The third-order valence-electron chi connectivity index (χ3n) is 2.63. The van der Waals surface area contributed by atoms with Gasteiger partial charge in [0, 0.05) is 10.4 Å². The number of aromatic nitrogens is 1. The lowest BCUT2D eigenvalue weighted by molar-refractivity contribution is 0.415. The lowest BCUT2D eigenvalue weighted by atomic mass is 10.0. The number of halogens is 1. The molecule has 20 heavy (non-hydrogen) atoms. The molecule has 2 aromatic rings. The average molecular weight is 356 g/mol. The summed E-state index contributed by atoms with van der Waals surface area (Å²) in [5.41, 5.74) is 2.23. The molecule has 0 unspecified atom stereocenters. The van der Waals surface area contributed by atoms with Crippen LogP contribution in [0, 0.1) is 5.92 Å². The Morgan fingerprint density at radius 2 is 1.80 bits per heavy atom. The monoisotopic (exact) mass is 355 g/mol. The minimum absolute atomic E-state index is 0.634. The molecule has 0 aliphatic rings. The quantitative estimate of drug-likeness (QED) is 0.690. The second-order valence-corrected chi connectivity index (χ2v) is 6.92. The second kappa shape index (κ2) is 8.42. The maximum Gasteiger partial charge on any atom is 0.160 e. The molecule has 0 fully saturated rings. The molecule has 2 nitrogen and oxygen atoms in total. The van der Waals surface area contributed by atoms with Crippen LogP contribution in [0.1, 0.15) is 32.6 Å². The van der Waals surface area contributed by atoms with E-state index in [0.29, 0.717) is 5.92 Å². The fourth-order valence-electron chi connectivity index (χ4n) is 1.81. The van der Waals surface area contributed by atoms with E-state index < -0.39 is 0 Å². The maximum atomic E-state index is 5.18. The molecule has 110 valence electrons. The van der Waals surface area contributed by atoms with Gasteiger partial charge in [0.15, 0.2) is 3.92 Å². The van der Waals surface area contributed by atoms with Crippen LogP contribution in [-0.4, -0.2) is 12.1 Å². The third kappa shape index (κ3) is 4.60. The third-order valence-corrected chi connectivity index (χ3v) is 4.16. The zero-order valence-corrected chi connectivity index (χ0v) is 15.1. The van der Waals surface area contributed by atoms with Crippen molar-refractivity contribution in [3.05, 3.63) is 33.1 Å². The normalized spacial score (nSPS) is 10.2. The first-order chi connectivity index (χ1) is 9.60. The smallest absolute Gasteiger partial charge is 0.160 e. The number of nitrogens with zero attached hydrogens (tertiary/aromatic N) is 1. The molecule has 1 aromatic carbocycles. The van der Waals surface area contributed by atoms with Crippen molar-refractivity contribution < 1.29 is 4.74 Å². The van der Waals surface area contributed by atoms with E-state index >= 15 is 0 Å². The molecule has 0 saturated heterocycles. The van der Waals surface area contributed by atoms with Crippen molar-refractivity contribution in [1.29, 1.82) is 0 Å². The molecule has 0 amide bonds. The van der Waals surface area contributed by atoms with Crippen molar-refractivity contribution in [3.8, 4) is 17.0 Å². The molecule has 0 spiro atoms. The van der Waals surface area contributed by atoms with Crippen molar-refractivity contribution in [1.82, 2.24) is 4.98 Å². The molecule has 0 bridgehead atoms. The van der Waals surface area contributed by atoms with Gasteiger partial charge in [-0.1, -0.05) is 27.7 Å². The van der Waals surface area contributed by atoms with E-state index in [1.165, 1.54) is 4.88 Å². The number of ether oxygens (including phenoxy) is 1. The molecular formula is C16H22BrNOS. The molecule has 0 saturated carbocycles. The Morgan fingerprint density at radius 3 is 2.30 bits per heavy atom. The van der Waals surface area contributed by atoms with Gasteiger partial charge in [-0.05, 0) is 52.5 Å². The van der Waals surface area contributed by atoms with Crippen LogP contribution in [0.15, 0.2) is 28.2 Å². The fraction of sp³-hybridized carbons (Fsp3) is 0.438. The van der Waals surface area contributed by atoms with Crippen LogP contribution in [0.25, 0.3) is 11.3 Å². The summed E-state index contributed by atoms with van der Waals surface area (Å²) in [5, 5.41) is 0. The highest BCUT2D eigenvalue weighted by molar-refractivity contribution is 9.11. The van der Waals surface area contributed by atoms with Gasteiger partial charge >= 0.3 is 0 Å². The van der Waals surface area contributed by atoms with E-state index in [1.54, 1.807) is 18.4 Å². The minimum atomic E-state index is 0.634. The highest BCUT2D eigenvalue weighted by Crippen LogP contribution is 2.33. The van der Waals surface area contributed by atoms with Crippen LogP contribution < -0.4 is 4.74 Å². The Labute approximate surface area is 134 Å². The van der Waals surface area contributed by atoms with Gasteiger partial charge in [-0.2, -0.15) is 0 Å². The van der Waals surface area contributed by atoms with E-state index in [-0.39, 0.29) is 0 Å². The molecular weight excluding hydrogens is 334 g/mol. The first-order valence-electron chi connectivity index (χ1n) is 6.89. The predicted octanol–water partition coefficient (Wildman–Crippen LogP) is 5.81. The summed E-state index contributed by atoms with van der Waals surface area (Å²) in [7, 11) is 1.68. The van der Waals surface area contributed by atoms with Crippen LogP contribution >= 0.6 is 27.3 Å². The molecule has 0 radical (unpaired) electrons. The zero-order valence-electron chi connectivity index (χ0n) is 12.7. The van der Waals surface area contributed by atoms with Crippen molar-refractivity contribution >= 4 is 27.3 Å². The predicted molar refractivity (Wildman–Crippen MR) is 91.7 cm³/mol. The summed E-state index contributed by atoms with van der Waals surface area (Å²) >= 11 is 5.20. The molecule has 1 heterocycles. The van der Waals surface area contributed by atoms with Crippen molar-refractivity contribution in [2.24, 2.45) is 5.92 Å². The molecule has 4 heteroatoms. The topological polar surface area (TPSA) is 22.1 Å². The number of hydrogen-bond acceptors (Lipinski definition) is 3. The van der Waals surface area contributed by atoms with Crippen LogP contribution in [0.2, 0.25) is 0 Å².